The normalized spacial score (nSPS) is 19.7. The fourth-order valence-corrected chi connectivity index (χ4v) is 2.61. The molecule has 0 aromatic rings. The number of carbonyl (C=O) groups excluding carboxylic acids is 1. The van der Waals surface area contributed by atoms with Gasteiger partial charge in [0, 0.05) is 5.70 Å². The molecule has 1 aliphatic rings. The molecule has 0 spiro atoms. The van der Waals surface area contributed by atoms with Crippen LogP contribution < -0.4 is 0 Å². The van der Waals surface area contributed by atoms with E-state index in [-0.39, 0.29) is 18.5 Å². The minimum absolute atomic E-state index is 0.0725. The molecule has 20 heavy (non-hydrogen) atoms. The molecule has 1 rings (SSSR count). The van der Waals surface area contributed by atoms with Crippen LogP contribution in [0.3, 0.4) is 0 Å². The Morgan fingerprint density at radius 2 is 2.25 bits per heavy atom. The van der Waals surface area contributed by atoms with Crippen molar-refractivity contribution in [3.8, 4) is 6.07 Å². The van der Waals surface area contributed by atoms with Gasteiger partial charge >= 0.3 is 0 Å². The first kappa shape index (κ1) is 17.0. The third-order valence-corrected chi connectivity index (χ3v) is 3.85. The van der Waals surface area contributed by atoms with Gasteiger partial charge in [-0.2, -0.15) is 5.26 Å². The summed E-state index contributed by atoms with van der Waals surface area (Å²) in [6.07, 6.45) is 3.19. The Hall–Kier alpha value is -1.05. The smallest absolute Gasteiger partial charge is 0.243 e. The highest BCUT2D eigenvalue weighted by Crippen LogP contribution is 2.32. The molecule has 0 aliphatic heterocycles. The van der Waals surface area contributed by atoms with Gasteiger partial charge in [0.25, 0.3) is 0 Å². The Morgan fingerprint density at radius 3 is 2.75 bits per heavy atom. The predicted molar refractivity (Wildman–Crippen MR) is 78.9 cm³/mol. The third-order valence-electron chi connectivity index (χ3n) is 3.62. The van der Waals surface area contributed by atoms with E-state index in [1.54, 1.807) is 18.7 Å². The van der Waals surface area contributed by atoms with E-state index in [0.29, 0.717) is 5.92 Å². The van der Waals surface area contributed by atoms with E-state index in [4.69, 9.17) is 21.6 Å². The number of carbonyl (C=O) groups is 1. The zero-order valence-electron chi connectivity index (χ0n) is 12.7. The van der Waals surface area contributed by atoms with Crippen molar-refractivity contribution in [1.29, 1.82) is 5.26 Å². The Balaban J connectivity index is 2.96. The lowest BCUT2D eigenvalue weighted by Crippen LogP contribution is -2.40. The van der Waals surface area contributed by atoms with Crippen LogP contribution >= 0.6 is 11.6 Å². The van der Waals surface area contributed by atoms with Gasteiger partial charge in [0.1, 0.15) is 12.6 Å². The van der Waals surface area contributed by atoms with Gasteiger partial charge in [0.2, 0.25) is 5.91 Å². The molecule has 0 bridgehead atoms. The van der Waals surface area contributed by atoms with Crippen LogP contribution in [0.1, 0.15) is 47.0 Å². The number of ether oxygens (including phenoxy) is 1. The van der Waals surface area contributed by atoms with E-state index in [2.05, 4.69) is 19.9 Å². The van der Waals surface area contributed by atoms with E-state index in [9.17, 15) is 4.79 Å². The van der Waals surface area contributed by atoms with E-state index in [1.807, 2.05) is 0 Å². The maximum absolute atomic E-state index is 12.1. The summed E-state index contributed by atoms with van der Waals surface area (Å²) in [6.45, 7) is 7.60. The average Bonchev–Trinajstić information content (AvgIpc) is 2.41. The molecule has 0 aromatic heterocycles. The van der Waals surface area contributed by atoms with Crippen LogP contribution in [0.2, 0.25) is 0 Å². The highest BCUT2D eigenvalue weighted by molar-refractivity contribution is 6.27. The number of rotatable bonds is 5. The topological polar surface area (TPSA) is 53.3 Å². The highest BCUT2D eigenvalue weighted by Gasteiger charge is 2.28. The summed E-state index contributed by atoms with van der Waals surface area (Å²) < 4.78 is 5.56. The zero-order valence-corrected chi connectivity index (χ0v) is 13.5. The number of allylic oxidation sites excluding steroid dienone is 2. The van der Waals surface area contributed by atoms with Crippen molar-refractivity contribution in [3.05, 3.63) is 11.3 Å². The zero-order chi connectivity index (χ0) is 15.3. The molecule has 1 aliphatic carbocycles. The standard InChI is InChI=1S/C15H23ClN2O2/c1-11-6-5-7-12(2)14(11)18(13(19)8-16)10-20-15(3,4)9-17/h11H,5-8,10H2,1-4H3. The Kier molecular flexibility index (Phi) is 6.04. The maximum atomic E-state index is 12.1. The van der Waals surface area contributed by atoms with Crippen molar-refractivity contribution in [3.63, 3.8) is 0 Å². The lowest BCUT2D eigenvalue weighted by atomic mass is 9.88. The number of nitrogens with zero attached hydrogens (tertiary/aromatic N) is 2. The number of alkyl halides is 1. The van der Waals surface area contributed by atoms with Gasteiger partial charge in [-0.25, -0.2) is 0 Å². The Morgan fingerprint density at radius 1 is 1.60 bits per heavy atom. The van der Waals surface area contributed by atoms with Crippen LogP contribution in [0.15, 0.2) is 11.3 Å². The number of halogens is 1. The first-order valence-electron chi connectivity index (χ1n) is 6.93. The van der Waals surface area contributed by atoms with Crippen molar-refractivity contribution < 1.29 is 9.53 Å². The largest absolute Gasteiger partial charge is 0.340 e. The molecule has 0 saturated heterocycles. The molecule has 0 fully saturated rings. The molecule has 1 unspecified atom stereocenters. The van der Waals surface area contributed by atoms with E-state index >= 15 is 0 Å². The third kappa shape index (κ3) is 4.22. The van der Waals surface area contributed by atoms with Crippen LogP contribution in [-0.2, 0) is 9.53 Å². The number of nitriles is 1. The maximum Gasteiger partial charge on any atom is 0.243 e. The van der Waals surface area contributed by atoms with Crippen molar-refractivity contribution in [1.82, 2.24) is 4.90 Å². The Bertz CT molecular complexity index is 438. The lowest BCUT2D eigenvalue weighted by Gasteiger charge is -2.34. The number of hydrogen-bond donors (Lipinski definition) is 0. The molecule has 0 heterocycles. The van der Waals surface area contributed by atoms with Gasteiger partial charge in [-0.3, -0.25) is 9.69 Å². The molecular weight excluding hydrogens is 276 g/mol. The highest BCUT2D eigenvalue weighted by atomic mass is 35.5. The monoisotopic (exact) mass is 298 g/mol. The molecule has 112 valence electrons. The van der Waals surface area contributed by atoms with E-state index in [0.717, 1.165) is 25.0 Å². The molecule has 0 aromatic carbocycles. The van der Waals surface area contributed by atoms with Gasteiger partial charge in [-0.05, 0) is 46.0 Å². The van der Waals surface area contributed by atoms with Gasteiger partial charge in [0.05, 0.1) is 6.07 Å². The fraction of sp³-hybridized carbons (Fsp3) is 0.733. The summed E-state index contributed by atoms with van der Waals surface area (Å²) in [5, 5.41) is 9.00. The summed E-state index contributed by atoms with van der Waals surface area (Å²) in [5.41, 5.74) is 1.30. The SMILES string of the molecule is CC1=C(N(COC(C)(C)C#N)C(=O)CCl)C(C)CCC1. The van der Waals surface area contributed by atoms with Crippen LogP contribution in [0.4, 0.5) is 0 Å². The first-order valence-corrected chi connectivity index (χ1v) is 7.47. The van der Waals surface area contributed by atoms with Crippen LogP contribution in [0.25, 0.3) is 0 Å². The number of amides is 1. The van der Waals surface area contributed by atoms with Crippen LogP contribution in [0, 0.1) is 17.2 Å². The predicted octanol–water partition coefficient (Wildman–Crippen LogP) is 3.42. The molecule has 4 nitrogen and oxygen atoms in total. The second kappa shape index (κ2) is 7.10. The summed E-state index contributed by atoms with van der Waals surface area (Å²) in [5.74, 6) is 0.0491. The van der Waals surface area contributed by atoms with Gasteiger partial charge < -0.3 is 4.74 Å². The molecule has 0 radical (unpaired) electrons. The van der Waals surface area contributed by atoms with Crippen LogP contribution in [-0.4, -0.2) is 29.0 Å². The van der Waals surface area contributed by atoms with E-state index in [1.165, 1.54) is 5.57 Å². The molecular formula is C15H23ClN2O2. The first-order chi connectivity index (χ1) is 9.32. The quantitative estimate of drug-likeness (QED) is 0.577. The Labute approximate surface area is 126 Å². The van der Waals surface area contributed by atoms with Gasteiger partial charge in [0.15, 0.2) is 5.60 Å². The minimum atomic E-state index is -0.919. The van der Waals surface area contributed by atoms with Crippen LogP contribution in [0.5, 0.6) is 0 Å². The van der Waals surface area contributed by atoms with Gasteiger partial charge in [-0.1, -0.05) is 12.5 Å². The van der Waals surface area contributed by atoms with Crippen molar-refractivity contribution in [2.75, 3.05) is 12.6 Å². The van der Waals surface area contributed by atoms with E-state index < -0.39 is 5.60 Å². The summed E-state index contributed by atoms with van der Waals surface area (Å²) in [4.78, 5) is 13.7. The molecule has 1 atom stereocenters. The fourth-order valence-electron chi connectivity index (χ4n) is 2.46. The molecule has 0 saturated carbocycles. The summed E-state index contributed by atoms with van der Waals surface area (Å²) >= 11 is 5.71. The average molecular weight is 299 g/mol. The second-order valence-corrected chi connectivity index (χ2v) is 6.08. The second-order valence-electron chi connectivity index (χ2n) is 5.81. The van der Waals surface area contributed by atoms with Crippen molar-refractivity contribution in [2.24, 2.45) is 5.92 Å². The summed E-state index contributed by atoms with van der Waals surface area (Å²) in [6, 6.07) is 2.07. The summed E-state index contributed by atoms with van der Waals surface area (Å²) in [7, 11) is 0. The molecule has 1 amide bonds. The lowest BCUT2D eigenvalue weighted by molar-refractivity contribution is -0.135. The number of hydrogen-bond acceptors (Lipinski definition) is 3. The minimum Gasteiger partial charge on any atom is -0.340 e. The van der Waals surface area contributed by atoms with Crippen molar-refractivity contribution >= 4 is 17.5 Å². The molecule has 0 N–H and O–H groups in total. The van der Waals surface area contributed by atoms with Crippen molar-refractivity contribution in [2.45, 2.75) is 52.6 Å². The molecule has 5 heteroatoms. The van der Waals surface area contributed by atoms with Gasteiger partial charge in [-0.15, -0.1) is 11.6 Å².